The van der Waals surface area contributed by atoms with Crippen LogP contribution in [0.15, 0.2) is 6.20 Å². The first kappa shape index (κ1) is 16.0. The number of likely N-dealkylation sites (N-methyl/N-ethyl adjacent to an activating group) is 1. The predicted octanol–water partition coefficient (Wildman–Crippen LogP) is 1.42. The van der Waals surface area contributed by atoms with Gasteiger partial charge in [-0.05, 0) is 6.92 Å². The van der Waals surface area contributed by atoms with Gasteiger partial charge in [0.2, 0.25) is 5.91 Å². The van der Waals surface area contributed by atoms with Crippen molar-refractivity contribution in [2.24, 2.45) is 0 Å². The Balaban J connectivity index is 1.86. The highest BCUT2D eigenvalue weighted by molar-refractivity contribution is 7.15. The molecule has 1 aromatic rings. The van der Waals surface area contributed by atoms with Gasteiger partial charge < -0.3 is 10.2 Å². The van der Waals surface area contributed by atoms with E-state index >= 15 is 0 Å². The lowest BCUT2D eigenvalue weighted by Gasteiger charge is -2.34. The molecule has 1 aliphatic rings. The molecule has 0 aromatic carbocycles. The van der Waals surface area contributed by atoms with E-state index in [0.717, 1.165) is 6.20 Å². The van der Waals surface area contributed by atoms with Crippen LogP contribution in [0.2, 0.25) is 0 Å². The van der Waals surface area contributed by atoms with Gasteiger partial charge in [0.1, 0.15) is 4.88 Å². The number of carbonyl (C=O) groups excluding carboxylic acids is 1. The molecule has 0 radical (unpaired) electrons. The third-order valence-electron chi connectivity index (χ3n) is 3.16. The van der Waals surface area contributed by atoms with Crippen molar-refractivity contribution in [3.05, 3.63) is 11.1 Å². The number of alkyl halides is 3. The topological polar surface area (TPSA) is 48.5 Å². The van der Waals surface area contributed by atoms with Crippen LogP contribution in [0.3, 0.4) is 0 Å². The first-order valence-electron chi connectivity index (χ1n) is 6.67. The number of hydrogen-bond acceptors (Lipinski definition) is 5. The van der Waals surface area contributed by atoms with E-state index in [1.165, 1.54) is 0 Å². The zero-order valence-corrected chi connectivity index (χ0v) is 12.4. The fourth-order valence-corrected chi connectivity index (χ4v) is 2.93. The van der Waals surface area contributed by atoms with Crippen LogP contribution in [0.4, 0.5) is 18.3 Å². The fourth-order valence-electron chi connectivity index (χ4n) is 2.10. The van der Waals surface area contributed by atoms with Crippen LogP contribution in [-0.2, 0) is 11.0 Å². The molecule has 21 heavy (non-hydrogen) atoms. The van der Waals surface area contributed by atoms with Gasteiger partial charge in [-0.2, -0.15) is 13.2 Å². The monoisotopic (exact) mass is 322 g/mol. The number of piperazine rings is 1. The zero-order valence-electron chi connectivity index (χ0n) is 11.6. The van der Waals surface area contributed by atoms with E-state index < -0.39 is 11.1 Å². The molecular weight excluding hydrogens is 305 g/mol. The van der Waals surface area contributed by atoms with Crippen LogP contribution in [0.5, 0.6) is 0 Å². The van der Waals surface area contributed by atoms with E-state index in [9.17, 15) is 18.0 Å². The fraction of sp³-hybridized carbons (Fsp3) is 0.667. The number of amides is 1. The van der Waals surface area contributed by atoms with E-state index in [1.807, 2.05) is 16.7 Å². The van der Waals surface area contributed by atoms with Crippen molar-refractivity contribution in [3.8, 4) is 0 Å². The summed E-state index contributed by atoms with van der Waals surface area (Å²) in [4.78, 5) is 18.5. The van der Waals surface area contributed by atoms with Crippen molar-refractivity contribution in [3.63, 3.8) is 0 Å². The van der Waals surface area contributed by atoms with E-state index in [-0.39, 0.29) is 5.91 Å². The average molecular weight is 322 g/mol. The van der Waals surface area contributed by atoms with Crippen molar-refractivity contribution in [1.29, 1.82) is 0 Å². The molecule has 2 heterocycles. The summed E-state index contributed by atoms with van der Waals surface area (Å²) in [7, 11) is 0. The third-order valence-corrected chi connectivity index (χ3v) is 4.26. The van der Waals surface area contributed by atoms with Gasteiger partial charge in [0, 0.05) is 32.7 Å². The summed E-state index contributed by atoms with van der Waals surface area (Å²) in [5.41, 5.74) is 0. The lowest BCUT2D eigenvalue weighted by Crippen LogP contribution is -2.49. The largest absolute Gasteiger partial charge is 0.427 e. The van der Waals surface area contributed by atoms with Gasteiger partial charge in [0.05, 0.1) is 12.7 Å². The normalized spacial score (nSPS) is 17.0. The van der Waals surface area contributed by atoms with E-state index in [0.29, 0.717) is 55.7 Å². The van der Waals surface area contributed by atoms with Crippen LogP contribution in [0, 0.1) is 0 Å². The Morgan fingerprint density at radius 1 is 1.38 bits per heavy atom. The number of halogens is 3. The van der Waals surface area contributed by atoms with Gasteiger partial charge in [-0.1, -0.05) is 11.3 Å². The van der Waals surface area contributed by atoms with Crippen LogP contribution in [0.25, 0.3) is 0 Å². The van der Waals surface area contributed by atoms with Crippen LogP contribution < -0.4 is 10.2 Å². The molecule has 1 amide bonds. The first-order valence-corrected chi connectivity index (χ1v) is 7.49. The minimum absolute atomic E-state index is 0.0282. The molecule has 1 N–H and O–H groups in total. The number of thiazole rings is 1. The quantitative estimate of drug-likeness (QED) is 0.911. The number of nitrogens with zero attached hydrogens (tertiary/aromatic N) is 3. The second-order valence-corrected chi connectivity index (χ2v) is 5.73. The molecule has 118 valence electrons. The molecule has 0 unspecified atom stereocenters. The van der Waals surface area contributed by atoms with Crippen LogP contribution in [-0.4, -0.2) is 55.1 Å². The predicted molar refractivity (Wildman–Crippen MR) is 74.5 cm³/mol. The molecule has 9 heteroatoms. The minimum Gasteiger partial charge on any atom is -0.355 e. The highest BCUT2D eigenvalue weighted by atomic mass is 32.1. The Morgan fingerprint density at radius 2 is 2.05 bits per heavy atom. The lowest BCUT2D eigenvalue weighted by molar-refractivity contribution is -0.134. The van der Waals surface area contributed by atoms with Gasteiger partial charge in [-0.3, -0.25) is 9.69 Å². The number of anilines is 1. The highest BCUT2D eigenvalue weighted by Gasteiger charge is 2.34. The number of rotatable bonds is 4. The van der Waals surface area contributed by atoms with Crippen molar-refractivity contribution in [1.82, 2.24) is 15.2 Å². The molecule has 0 spiro atoms. The Morgan fingerprint density at radius 3 is 2.57 bits per heavy atom. The Labute approximate surface area is 124 Å². The molecule has 1 aliphatic heterocycles. The maximum absolute atomic E-state index is 12.5. The van der Waals surface area contributed by atoms with Crippen molar-refractivity contribution < 1.29 is 18.0 Å². The molecule has 5 nitrogen and oxygen atoms in total. The van der Waals surface area contributed by atoms with Crippen molar-refractivity contribution in [2.45, 2.75) is 13.1 Å². The SMILES string of the molecule is CCNC(=O)CN1CCN(c2ncc(C(F)(F)F)s2)CC1. The summed E-state index contributed by atoms with van der Waals surface area (Å²) in [5, 5.41) is 3.12. The average Bonchev–Trinajstić information content (AvgIpc) is 2.89. The summed E-state index contributed by atoms with van der Waals surface area (Å²) in [6.45, 7) is 5.20. The van der Waals surface area contributed by atoms with E-state index in [1.54, 1.807) is 0 Å². The summed E-state index contributed by atoms with van der Waals surface area (Å²) < 4.78 is 37.6. The second-order valence-electron chi connectivity index (χ2n) is 4.72. The number of aromatic nitrogens is 1. The van der Waals surface area contributed by atoms with Gasteiger partial charge in [0.15, 0.2) is 5.13 Å². The van der Waals surface area contributed by atoms with Gasteiger partial charge >= 0.3 is 6.18 Å². The van der Waals surface area contributed by atoms with Crippen molar-refractivity contribution >= 4 is 22.4 Å². The molecule has 1 fully saturated rings. The maximum atomic E-state index is 12.5. The summed E-state index contributed by atoms with van der Waals surface area (Å²) >= 11 is 0.662. The lowest BCUT2D eigenvalue weighted by atomic mass is 10.3. The summed E-state index contributed by atoms with van der Waals surface area (Å²) in [6, 6.07) is 0. The highest BCUT2D eigenvalue weighted by Crippen LogP contribution is 2.36. The smallest absolute Gasteiger partial charge is 0.355 e. The van der Waals surface area contributed by atoms with Crippen molar-refractivity contribution in [2.75, 3.05) is 44.2 Å². The van der Waals surface area contributed by atoms with Gasteiger partial charge in [0.25, 0.3) is 0 Å². The molecule has 1 saturated heterocycles. The van der Waals surface area contributed by atoms with Gasteiger partial charge in [-0.15, -0.1) is 0 Å². The summed E-state index contributed by atoms with van der Waals surface area (Å²) in [6.07, 6.45) is -3.46. The molecule has 0 aliphatic carbocycles. The van der Waals surface area contributed by atoms with E-state index in [2.05, 4.69) is 10.3 Å². The molecular formula is C12H17F3N4OS. The molecule has 0 bridgehead atoms. The Kier molecular flexibility index (Phi) is 5.04. The number of nitrogens with one attached hydrogen (secondary N) is 1. The second kappa shape index (κ2) is 6.61. The Hall–Kier alpha value is -1.35. The molecule has 0 atom stereocenters. The minimum atomic E-state index is -4.34. The number of hydrogen-bond donors (Lipinski definition) is 1. The zero-order chi connectivity index (χ0) is 15.5. The van der Waals surface area contributed by atoms with Crippen LogP contribution in [0.1, 0.15) is 11.8 Å². The third kappa shape index (κ3) is 4.31. The van der Waals surface area contributed by atoms with Gasteiger partial charge in [-0.25, -0.2) is 4.98 Å². The molecule has 0 saturated carbocycles. The molecule has 2 rings (SSSR count). The Bertz CT molecular complexity index is 483. The van der Waals surface area contributed by atoms with Crippen LogP contribution >= 0.6 is 11.3 Å². The molecule has 1 aromatic heterocycles. The standard InChI is InChI=1S/C12H17F3N4OS/c1-2-16-10(20)8-18-3-5-19(6-4-18)11-17-7-9(21-11)12(13,14)15/h7H,2-6,8H2,1H3,(H,16,20). The number of carbonyl (C=O) groups is 1. The summed E-state index contributed by atoms with van der Waals surface area (Å²) in [5.74, 6) is -0.0282. The maximum Gasteiger partial charge on any atom is 0.427 e. The van der Waals surface area contributed by atoms with E-state index in [4.69, 9.17) is 0 Å². The first-order chi connectivity index (χ1) is 9.90.